The van der Waals surface area contributed by atoms with E-state index < -0.39 is 0 Å². The summed E-state index contributed by atoms with van der Waals surface area (Å²) in [7, 11) is 0. The Balaban J connectivity index is 2.21. The molecule has 2 aromatic heterocycles. The minimum atomic E-state index is -0.127. The average Bonchev–Trinajstić information content (AvgIpc) is 2.81. The predicted octanol–water partition coefficient (Wildman–Crippen LogP) is 2.98. The van der Waals surface area contributed by atoms with Crippen molar-refractivity contribution in [2.24, 2.45) is 5.73 Å². The van der Waals surface area contributed by atoms with Gasteiger partial charge in [-0.15, -0.1) is 11.3 Å². The molecule has 0 aliphatic carbocycles. The van der Waals surface area contributed by atoms with Gasteiger partial charge >= 0.3 is 0 Å². The zero-order chi connectivity index (χ0) is 12.3. The molecule has 0 aliphatic rings. The molecular weight excluding hydrogens is 232 g/mol. The highest BCUT2D eigenvalue weighted by Gasteiger charge is 2.11. The molecule has 0 spiro atoms. The molecule has 0 radical (unpaired) electrons. The van der Waals surface area contributed by atoms with E-state index in [1.165, 1.54) is 0 Å². The van der Waals surface area contributed by atoms with Crippen molar-refractivity contribution in [2.75, 3.05) is 0 Å². The molecule has 4 heteroatoms. The number of nitrogens with two attached hydrogens (primary N) is 1. The summed E-state index contributed by atoms with van der Waals surface area (Å²) in [4.78, 5) is 5.30. The quantitative estimate of drug-likeness (QED) is 0.905. The highest BCUT2D eigenvalue weighted by molar-refractivity contribution is 7.10. The van der Waals surface area contributed by atoms with Gasteiger partial charge in [0.15, 0.2) is 0 Å². The number of ether oxygens (including phenoxy) is 1. The van der Waals surface area contributed by atoms with Crippen LogP contribution in [0.15, 0.2) is 36.0 Å². The van der Waals surface area contributed by atoms with E-state index in [1.807, 2.05) is 37.4 Å². The molecule has 0 saturated carbocycles. The standard InChI is InChI=1S/C13H16N2OS/c1-9(2)16-11-6-10(7-15-8-11)13(14)12-4-3-5-17-12/h3-9,13H,14H2,1-2H3. The highest BCUT2D eigenvalue weighted by atomic mass is 32.1. The Morgan fingerprint density at radius 1 is 1.35 bits per heavy atom. The maximum atomic E-state index is 6.18. The van der Waals surface area contributed by atoms with Crippen molar-refractivity contribution in [3.63, 3.8) is 0 Å². The van der Waals surface area contributed by atoms with E-state index in [4.69, 9.17) is 10.5 Å². The normalized spacial score (nSPS) is 12.7. The summed E-state index contributed by atoms with van der Waals surface area (Å²) in [5.41, 5.74) is 7.15. The van der Waals surface area contributed by atoms with Crippen LogP contribution in [-0.2, 0) is 0 Å². The van der Waals surface area contributed by atoms with E-state index in [1.54, 1.807) is 23.7 Å². The molecule has 0 aromatic carbocycles. The first kappa shape index (κ1) is 12.1. The van der Waals surface area contributed by atoms with E-state index >= 15 is 0 Å². The summed E-state index contributed by atoms with van der Waals surface area (Å²) in [5, 5.41) is 2.02. The Bertz CT molecular complexity index is 468. The van der Waals surface area contributed by atoms with Crippen molar-refractivity contribution >= 4 is 11.3 Å². The molecule has 2 rings (SSSR count). The summed E-state index contributed by atoms with van der Waals surface area (Å²) >= 11 is 1.65. The number of thiophene rings is 1. The van der Waals surface area contributed by atoms with Crippen LogP contribution in [0.3, 0.4) is 0 Å². The van der Waals surface area contributed by atoms with Crippen LogP contribution in [0.2, 0.25) is 0 Å². The monoisotopic (exact) mass is 248 g/mol. The first-order valence-electron chi connectivity index (χ1n) is 5.57. The molecule has 1 unspecified atom stereocenters. The lowest BCUT2D eigenvalue weighted by Crippen LogP contribution is -2.12. The molecule has 3 nitrogen and oxygen atoms in total. The fraction of sp³-hybridized carbons (Fsp3) is 0.308. The van der Waals surface area contributed by atoms with Gasteiger partial charge in [0.05, 0.1) is 18.3 Å². The Kier molecular flexibility index (Phi) is 3.76. The van der Waals surface area contributed by atoms with Gasteiger partial charge < -0.3 is 10.5 Å². The molecule has 0 fully saturated rings. The Morgan fingerprint density at radius 3 is 2.82 bits per heavy atom. The molecular formula is C13H16N2OS. The smallest absolute Gasteiger partial charge is 0.138 e. The number of hydrogen-bond acceptors (Lipinski definition) is 4. The zero-order valence-electron chi connectivity index (χ0n) is 9.96. The fourth-order valence-electron chi connectivity index (χ4n) is 1.57. The number of hydrogen-bond donors (Lipinski definition) is 1. The molecule has 0 aliphatic heterocycles. The summed E-state index contributed by atoms with van der Waals surface area (Å²) in [6.07, 6.45) is 3.65. The van der Waals surface area contributed by atoms with E-state index in [-0.39, 0.29) is 12.1 Å². The molecule has 17 heavy (non-hydrogen) atoms. The Morgan fingerprint density at radius 2 is 2.18 bits per heavy atom. The van der Waals surface area contributed by atoms with Gasteiger partial charge in [-0.3, -0.25) is 4.98 Å². The summed E-state index contributed by atoms with van der Waals surface area (Å²) in [5.74, 6) is 0.768. The van der Waals surface area contributed by atoms with Gasteiger partial charge in [0.25, 0.3) is 0 Å². The Hall–Kier alpha value is -1.39. The van der Waals surface area contributed by atoms with E-state index in [0.717, 1.165) is 16.2 Å². The zero-order valence-corrected chi connectivity index (χ0v) is 10.8. The maximum Gasteiger partial charge on any atom is 0.138 e. The van der Waals surface area contributed by atoms with Crippen LogP contribution < -0.4 is 10.5 Å². The van der Waals surface area contributed by atoms with Crippen molar-refractivity contribution in [1.82, 2.24) is 4.98 Å². The van der Waals surface area contributed by atoms with Crippen LogP contribution in [0, 0.1) is 0 Å². The lowest BCUT2D eigenvalue weighted by molar-refractivity contribution is 0.241. The third-order valence-corrected chi connectivity index (χ3v) is 3.27. The summed E-state index contributed by atoms with van der Waals surface area (Å²) < 4.78 is 5.61. The molecule has 0 saturated heterocycles. The van der Waals surface area contributed by atoms with Crippen molar-refractivity contribution in [3.8, 4) is 5.75 Å². The van der Waals surface area contributed by atoms with Crippen LogP contribution in [0.5, 0.6) is 5.75 Å². The largest absolute Gasteiger partial charge is 0.489 e. The summed E-state index contributed by atoms with van der Waals surface area (Å²) in [6, 6.07) is 5.86. The fourth-order valence-corrected chi connectivity index (χ4v) is 2.33. The molecule has 0 bridgehead atoms. The van der Waals surface area contributed by atoms with Crippen molar-refractivity contribution in [1.29, 1.82) is 0 Å². The van der Waals surface area contributed by atoms with E-state index in [0.29, 0.717) is 0 Å². The second-order valence-corrected chi connectivity index (χ2v) is 5.09. The first-order chi connectivity index (χ1) is 8.16. The number of pyridine rings is 1. The SMILES string of the molecule is CC(C)Oc1cncc(C(N)c2cccs2)c1. The van der Waals surface area contributed by atoms with Gasteiger partial charge in [0, 0.05) is 11.1 Å². The second kappa shape index (κ2) is 5.29. The van der Waals surface area contributed by atoms with Gasteiger partial charge in [0.1, 0.15) is 5.75 Å². The third-order valence-electron chi connectivity index (χ3n) is 2.31. The average molecular weight is 248 g/mol. The van der Waals surface area contributed by atoms with Crippen LogP contribution in [0.25, 0.3) is 0 Å². The minimum absolute atomic E-state index is 0.127. The molecule has 2 heterocycles. The first-order valence-corrected chi connectivity index (χ1v) is 6.45. The van der Waals surface area contributed by atoms with Crippen LogP contribution in [0.4, 0.5) is 0 Å². The van der Waals surface area contributed by atoms with Gasteiger partial charge in [-0.2, -0.15) is 0 Å². The van der Waals surface area contributed by atoms with Crippen LogP contribution in [-0.4, -0.2) is 11.1 Å². The molecule has 1 atom stereocenters. The predicted molar refractivity (Wildman–Crippen MR) is 70.4 cm³/mol. The van der Waals surface area contributed by atoms with Crippen molar-refractivity contribution in [2.45, 2.75) is 26.0 Å². The van der Waals surface area contributed by atoms with Gasteiger partial charge in [-0.05, 0) is 36.9 Å². The lowest BCUT2D eigenvalue weighted by Gasteiger charge is -2.13. The molecule has 2 aromatic rings. The van der Waals surface area contributed by atoms with Gasteiger partial charge in [0.2, 0.25) is 0 Å². The topological polar surface area (TPSA) is 48.1 Å². The molecule has 90 valence electrons. The second-order valence-electron chi connectivity index (χ2n) is 4.11. The number of nitrogens with zero attached hydrogens (tertiary/aromatic N) is 1. The van der Waals surface area contributed by atoms with Gasteiger partial charge in [-0.1, -0.05) is 6.07 Å². The number of rotatable bonds is 4. The van der Waals surface area contributed by atoms with E-state index in [9.17, 15) is 0 Å². The Labute approximate surface area is 105 Å². The molecule has 0 amide bonds. The lowest BCUT2D eigenvalue weighted by atomic mass is 10.1. The highest BCUT2D eigenvalue weighted by Crippen LogP contribution is 2.25. The minimum Gasteiger partial charge on any atom is -0.489 e. The van der Waals surface area contributed by atoms with Crippen molar-refractivity contribution < 1.29 is 4.74 Å². The number of aromatic nitrogens is 1. The van der Waals surface area contributed by atoms with Crippen LogP contribution >= 0.6 is 11.3 Å². The third kappa shape index (κ3) is 3.05. The van der Waals surface area contributed by atoms with Crippen LogP contribution in [0.1, 0.15) is 30.3 Å². The van der Waals surface area contributed by atoms with E-state index in [2.05, 4.69) is 4.98 Å². The molecule has 2 N–H and O–H groups in total. The van der Waals surface area contributed by atoms with Gasteiger partial charge in [-0.25, -0.2) is 0 Å². The maximum absolute atomic E-state index is 6.18. The summed E-state index contributed by atoms with van der Waals surface area (Å²) in [6.45, 7) is 3.98. The van der Waals surface area contributed by atoms with Crippen molar-refractivity contribution in [3.05, 3.63) is 46.4 Å².